The van der Waals surface area contributed by atoms with Gasteiger partial charge in [-0.2, -0.15) is 0 Å². The molecule has 0 saturated carbocycles. The van der Waals surface area contributed by atoms with E-state index in [-0.39, 0.29) is 5.78 Å². The lowest BCUT2D eigenvalue weighted by atomic mass is 10.0. The molecule has 0 aliphatic carbocycles. The van der Waals surface area contributed by atoms with Gasteiger partial charge in [-0.05, 0) is 36.4 Å². The molecule has 0 unspecified atom stereocenters. The smallest absolute Gasteiger partial charge is 0.337 e. The number of hydrogen-bond donors (Lipinski definition) is 0. The van der Waals surface area contributed by atoms with Crippen molar-refractivity contribution < 1.29 is 14.3 Å². The van der Waals surface area contributed by atoms with Crippen molar-refractivity contribution in [3.8, 4) is 0 Å². The Morgan fingerprint density at radius 2 is 1.26 bits per heavy atom. The van der Waals surface area contributed by atoms with Crippen LogP contribution in [0, 0.1) is 0 Å². The zero-order valence-electron chi connectivity index (χ0n) is 10.2. The van der Waals surface area contributed by atoms with E-state index < -0.39 is 5.97 Å². The van der Waals surface area contributed by atoms with Crippen LogP contribution in [-0.2, 0) is 4.74 Å². The minimum absolute atomic E-state index is 0.0797. The Labute approximate surface area is 119 Å². The number of methoxy groups -OCH3 is 1. The van der Waals surface area contributed by atoms with Crippen LogP contribution in [0.15, 0.2) is 53.0 Å². The summed E-state index contributed by atoms with van der Waals surface area (Å²) in [4.78, 5) is 23.5. The minimum atomic E-state index is -0.414. The molecule has 3 nitrogen and oxygen atoms in total. The molecule has 0 aliphatic rings. The summed E-state index contributed by atoms with van der Waals surface area (Å²) in [6, 6.07) is 13.5. The molecule has 0 amide bonds. The highest BCUT2D eigenvalue weighted by atomic mass is 79.9. The first-order valence-electron chi connectivity index (χ1n) is 5.60. The van der Waals surface area contributed by atoms with Crippen LogP contribution in [-0.4, -0.2) is 18.9 Å². The van der Waals surface area contributed by atoms with Gasteiger partial charge in [0.25, 0.3) is 0 Å². The summed E-state index contributed by atoms with van der Waals surface area (Å²) in [6.45, 7) is 0. The fourth-order valence-corrected chi connectivity index (χ4v) is 1.91. The lowest BCUT2D eigenvalue weighted by Crippen LogP contribution is -2.04. The van der Waals surface area contributed by atoms with Crippen LogP contribution >= 0.6 is 15.9 Å². The summed E-state index contributed by atoms with van der Waals surface area (Å²) >= 11 is 3.32. The molecule has 0 fully saturated rings. The topological polar surface area (TPSA) is 43.4 Å². The summed E-state index contributed by atoms with van der Waals surface area (Å²) in [5.41, 5.74) is 1.57. The maximum Gasteiger partial charge on any atom is 0.337 e. The molecule has 96 valence electrons. The number of halogens is 1. The first-order chi connectivity index (χ1) is 9.11. The van der Waals surface area contributed by atoms with Gasteiger partial charge in [0, 0.05) is 15.6 Å². The second kappa shape index (κ2) is 5.80. The molecule has 4 heteroatoms. The van der Waals surface area contributed by atoms with Gasteiger partial charge in [-0.15, -0.1) is 0 Å². The molecular weight excluding hydrogens is 308 g/mol. The van der Waals surface area contributed by atoms with E-state index in [2.05, 4.69) is 20.7 Å². The Kier molecular flexibility index (Phi) is 4.12. The van der Waals surface area contributed by atoms with Crippen molar-refractivity contribution in [2.24, 2.45) is 0 Å². The first-order valence-corrected chi connectivity index (χ1v) is 6.40. The molecule has 0 saturated heterocycles. The molecule has 0 N–H and O–H groups in total. The maximum atomic E-state index is 12.2. The van der Waals surface area contributed by atoms with Crippen molar-refractivity contribution in [3.63, 3.8) is 0 Å². The number of ether oxygens (including phenoxy) is 1. The van der Waals surface area contributed by atoms with Gasteiger partial charge in [-0.25, -0.2) is 4.79 Å². The second-order valence-electron chi connectivity index (χ2n) is 3.90. The summed E-state index contributed by atoms with van der Waals surface area (Å²) < 4.78 is 5.53. The fraction of sp³-hybridized carbons (Fsp3) is 0.0667. The van der Waals surface area contributed by atoms with E-state index in [1.165, 1.54) is 7.11 Å². The Morgan fingerprint density at radius 1 is 0.842 bits per heavy atom. The molecule has 2 aromatic rings. The quantitative estimate of drug-likeness (QED) is 0.643. The summed E-state index contributed by atoms with van der Waals surface area (Å²) in [5.74, 6) is -0.494. The average molecular weight is 319 g/mol. The van der Waals surface area contributed by atoms with Crippen molar-refractivity contribution in [2.45, 2.75) is 0 Å². The van der Waals surface area contributed by atoms with Crippen LogP contribution in [0.1, 0.15) is 26.3 Å². The Hall–Kier alpha value is -1.94. The van der Waals surface area contributed by atoms with Gasteiger partial charge in [0.15, 0.2) is 5.78 Å². The number of carbonyl (C=O) groups excluding carboxylic acids is 2. The largest absolute Gasteiger partial charge is 0.465 e. The third kappa shape index (κ3) is 3.09. The summed E-state index contributed by atoms with van der Waals surface area (Å²) in [7, 11) is 1.32. The number of esters is 1. The van der Waals surface area contributed by atoms with Gasteiger partial charge in [0.05, 0.1) is 12.7 Å². The zero-order chi connectivity index (χ0) is 13.8. The number of hydrogen-bond acceptors (Lipinski definition) is 3. The summed E-state index contributed by atoms with van der Waals surface area (Å²) in [6.07, 6.45) is 0. The van der Waals surface area contributed by atoms with E-state index in [1.807, 2.05) is 12.1 Å². The second-order valence-corrected chi connectivity index (χ2v) is 4.82. The average Bonchev–Trinajstić information content (AvgIpc) is 2.46. The van der Waals surface area contributed by atoms with Gasteiger partial charge in [0.2, 0.25) is 0 Å². The SMILES string of the molecule is COC(=O)c1ccc(C(=O)c2ccc(Br)cc2)cc1. The lowest BCUT2D eigenvalue weighted by Gasteiger charge is -2.03. The van der Waals surface area contributed by atoms with Crippen LogP contribution in [0.4, 0.5) is 0 Å². The third-order valence-corrected chi connectivity index (χ3v) is 3.20. The van der Waals surface area contributed by atoms with E-state index in [4.69, 9.17) is 0 Å². The maximum absolute atomic E-state index is 12.2. The molecule has 0 heterocycles. The number of carbonyl (C=O) groups is 2. The van der Waals surface area contributed by atoms with Crippen LogP contribution in [0.5, 0.6) is 0 Å². The molecule has 0 aliphatic heterocycles. The molecule has 19 heavy (non-hydrogen) atoms. The van der Waals surface area contributed by atoms with Crippen LogP contribution < -0.4 is 0 Å². The van der Waals surface area contributed by atoms with E-state index in [1.54, 1.807) is 36.4 Å². The van der Waals surface area contributed by atoms with Crippen molar-refractivity contribution in [1.29, 1.82) is 0 Å². The van der Waals surface area contributed by atoms with Crippen molar-refractivity contribution in [1.82, 2.24) is 0 Å². The standard InChI is InChI=1S/C15H11BrO3/c1-19-15(18)12-4-2-10(3-5-12)14(17)11-6-8-13(16)9-7-11/h2-9H,1H3. The minimum Gasteiger partial charge on any atom is -0.465 e. The highest BCUT2D eigenvalue weighted by molar-refractivity contribution is 9.10. The third-order valence-electron chi connectivity index (χ3n) is 2.67. The van der Waals surface area contributed by atoms with E-state index in [0.717, 1.165) is 4.47 Å². The molecule has 2 aromatic carbocycles. The molecule has 0 bridgehead atoms. The van der Waals surface area contributed by atoms with Crippen LogP contribution in [0.25, 0.3) is 0 Å². The predicted molar refractivity (Wildman–Crippen MR) is 75.4 cm³/mol. The molecule has 0 aromatic heterocycles. The highest BCUT2D eigenvalue weighted by Crippen LogP contribution is 2.15. The Morgan fingerprint density at radius 3 is 1.74 bits per heavy atom. The number of benzene rings is 2. The molecule has 2 rings (SSSR count). The van der Waals surface area contributed by atoms with E-state index in [9.17, 15) is 9.59 Å². The van der Waals surface area contributed by atoms with Gasteiger partial charge < -0.3 is 4.74 Å². The van der Waals surface area contributed by atoms with Crippen molar-refractivity contribution >= 4 is 27.7 Å². The van der Waals surface area contributed by atoms with Crippen molar-refractivity contribution in [3.05, 3.63) is 69.7 Å². The molecule has 0 spiro atoms. The Balaban J connectivity index is 2.25. The fourth-order valence-electron chi connectivity index (χ4n) is 1.64. The van der Waals surface area contributed by atoms with E-state index >= 15 is 0 Å². The van der Waals surface area contributed by atoms with Gasteiger partial charge in [-0.3, -0.25) is 4.79 Å². The van der Waals surface area contributed by atoms with Gasteiger partial charge >= 0.3 is 5.97 Å². The Bertz CT molecular complexity index is 600. The van der Waals surface area contributed by atoms with Crippen molar-refractivity contribution in [2.75, 3.05) is 7.11 Å². The highest BCUT2D eigenvalue weighted by Gasteiger charge is 2.10. The number of rotatable bonds is 3. The van der Waals surface area contributed by atoms with Crippen LogP contribution in [0.2, 0.25) is 0 Å². The number of ketones is 1. The molecule has 0 atom stereocenters. The van der Waals surface area contributed by atoms with E-state index in [0.29, 0.717) is 16.7 Å². The first kappa shape index (κ1) is 13.5. The monoisotopic (exact) mass is 318 g/mol. The lowest BCUT2D eigenvalue weighted by molar-refractivity contribution is 0.0600. The van der Waals surface area contributed by atoms with Gasteiger partial charge in [-0.1, -0.05) is 28.1 Å². The zero-order valence-corrected chi connectivity index (χ0v) is 11.8. The molecular formula is C15H11BrO3. The summed E-state index contributed by atoms with van der Waals surface area (Å²) in [5, 5.41) is 0. The molecule has 0 radical (unpaired) electrons. The predicted octanol–water partition coefficient (Wildman–Crippen LogP) is 3.47. The van der Waals surface area contributed by atoms with Gasteiger partial charge in [0.1, 0.15) is 0 Å². The normalized spacial score (nSPS) is 10.0. The van der Waals surface area contributed by atoms with Crippen LogP contribution in [0.3, 0.4) is 0 Å².